The summed E-state index contributed by atoms with van der Waals surface area (Å²) in [5.74, 6) is 0.0378. The number of rotatable bonds is 2. The van der Waals surface area contributed by atoms with Gasteiger partial charge in [0.05, 0.1) is 66.0 Å². The Bertz CT molecular complexity index is 793. The van der Waals surface area contributed by atoms with Crippen LogP contribution < -0.4 is 5.63 Å². The number of benzene rings is 1. The molecule has 1 fully saturated rings. The molecule has 0 saturated carbocycles. The van der Waals surface area contributed by atoms with Gasteiger partial charge in [-0.3, -0.25) is 4.84 Å². The standard InChI is InChI=1S/C20H27NO8/c22-17-1-2-18-16(13-20(23)29-19(18)14-17)15-21-3-4-24-5-6-25-7-8-26-9-10-27-11-12-28-21/h1-2,13-14,22H,3-12,15H2. The highest BCUT2D eigenvalue weighted by Gasteiger charge is 2.13. The fraction of sp³-hybridized carbons (Fsp3) is 0.550. The van der Waals surface area contributed by atoms with Crippen LogP contribution in [0.25, 0.3) is 11.0 Å². The number of fused-ring (bicyclic) bond motifs is 1. The molecule has 0 atom stereocenters. The van der Waals surface area contributed by atoms with Gasteiger partial charge >= 0.3 is 5.63 Å². The Kier molecular flexibility index (Phi) is 8.87. The van der Waals surface area contributed by atoms with Crippen molar-refractivity contribution in [2.24, 2.45) is 0 Å². The molecule has 29 heavy (non-hydrogen) atoms. The third-order valence-electron chi connectivity index (χ3n) is 4.26. The lowest BCUT2D eigenvalue weighted by atomic mass is 10.1. The summed E-state index contributed by atoms with van der Waals surface area (Å²) < 4.78 is 27.1. The fourth-order valence-electron chi connectivity index (χ4n) is 2.88. The van der Waals surface area contributed by atoms with Crippen LogP contribution in [0.4, 0.5) is 0 Å². The molecule has 9 nitrogen and oxygen atoms in total. The molecule has 0 radical (unpaired) electrons. The van der Waals surface area contributed by atoms with E-state index in [1.54, 1.807) is 17.2 Å². The molecule has 1 saturated heterocycles. The molecular formula is C20H27NO8. The summed E-state index contributed by atoms with van der Waals surface area (Å²) in [6.45, 7) is 5.11. The highest BCUT2D eigenvalue weighted by atomic mass is 16.7. The summed E-state index contributed by atoms with van der Waals surface area (Å²) in [7, 11) is 0. The first kappa shape index (κ1) is 21.7. The second kappa shape index (κ2) is 11.9. The largest absolute Gasteiger partial charge is 0.508 e. The van der Waals surface area contributed by atoms with Crippen LogP contribution in [-0.2, 0) is 30.3 Å². The summed E-state index contributed by atoms with van der Waals surface area (Å²) in [5, 5.41) is 12.1. The van der Waals surface area contributed by atoms with Crippen LogP contribution >= 0.6 is 0 Å². The zero-order valence-electron chi connectivity index (χ0n) is 16.3. The minimum absolute atomic E-state index is 0.0378. The van der Waals surface area contributed by atoms with E-state index in [1.165, 1.54) is 12.1 Å². The summed E-state index contributed by atoms with van der Waals surface area (Å²) in [5.41, 5.74) is 0.589. The van der Waals surface area contributed by atoms with Crippen molar-refractivity contribution >= 4 is 11.0 Å². The first-order chi connectivity index (χ1) is 14.2. The van der Waals surface area contributed by atoms with Crippen LogP contribution in [0.2, 0.25) is 0 Å². The topological polar surface area (TPSA) is 99.8 Å². The predicted molar refractivity (Wildman–Crippen MR) is 104 cm³/mol. The SMILES string of the molecule is O=c1cc(CN2CCOCCOCCOCCOCCO2)c2ccc(O)cc2o1. The highest BCUT2D eigenvalue weighted by Crippen LogP contribution is 2.22. The highest BCUT2D eigenvalue weighted by molar-refractivity contribution is 5.81. The van der Waals surface area contributed by atoms with Gasteiger partial charge in [-0.2, -0.15) is 5.06 Å². The molecule has 3 rings (SSSR count). The molecule has 9 heteroatoms. The van der Waals surface area contributed by atoms with Gasteiger partial charge in [-0.05, 0) is 17.7 Å². The number of aromatic hydroxyl groups is 1. The second-order valence-electron chi connectivity index (χ2n) is 6.42. The molecular weight excluding hydrogens is 382 g/mol. The lowest BCUT2D eigenvalue weighted by Crippen LogP contribution is -2.30. The molecule has 2 aromatic rings. The average molecular weight is 409 g/mol. The van der Waals surface area contributed by atoms with Crippen molar-refractivity contribution in [3.8, 4) is 5.75 Å². The minimum Gasteiger partial charge on any atom is -0.508 e. The Morgan fingerprint density at radius 3 is 2.14 bits per heavy atom. The van der Waals surface area contributed by atoms with Crippen LogP contribution in [0.15, 0.2) is 33.5 Å². The number of phenolic OH excluding ortho intramolecular Hbond substituents is 1. The van der Waals surface area contributed by atoms with Gasteiger partial charge in [0.2, 0.25) is 0 Å². The molecule has 1 aliphatic rings. The smallest absolute Gasteiger partial charge is 0.336 e. The number of nitrogens with zero attached hydrogens (tertiary/aromatic N) is 1. The van der Waals surface area contributed by atoms with Gasteiger partial charge in [0.1, 0.15) is 11.3 Å². The average Bonchev–Trinajstić information content (AvgIpc) is 2.69. The Labute approximate surface area is 168 Å². The number of phenols is 1. The van der Waals surface area contributed by atoms with E-state index in [9.17, 15) is 9.90 Å². The fourth-order valence-corrected chi connectivity index (χ4v) is 2.88. The van der Waals surface area contributed by atoms with E-state index < -0.39 is 5.63 Å². The van der Waals surface area contributed by atoms with Gasteiger partial charge in [0.15, 0.2) is 0 Å². The Hall–Kier alpha value is -2.01. The molecule has 1 aliphatic heterocycles. The summed E-state index contributed by atoms with van der Waals surface area (Å²) in [4.78, 5) is 17.8. The second-order valence-corrected chi connectivity index (χ2v) is 6.42. The first-order valence-corrected chi connectivity index (χ1v) is 9.67. The van der Waals surface area contributed by atoms with Gasteiger partial charge in [0.25, 0.3) is 0 Å². The molecule has 0 unspecified atom stereocenters. The molecule has 160 valence electrons. The van der Waals surface area contributed by atoms with Crippen molar-refractivity contribution in [2.75, 3.05) is 66.0 Å². The van der Waals surface area contributed by atoms with E-state index in [1.807, 2.05) is 0 Å². The van der Waals surface area contributed by atoms with E-state index in [2.05, 4.69) is 0 Å². The summed E-state index contributed by atoms with van der Waals surface area (Å²) in [6, 6.07) is 6.13. The lowest BCUT2D eigenvalue weighted by molar-refractivity contribution is -0.184. The van der Waals surface area contributed by atoms with Crippen molar-refractivity contribution in [1.82, 2.24) is 5.06 Å². The van der Waals surface area contributed by atoms with Crippen molar-refractivity contribution in [3.63, 3.8) is 0 Å². The monoisotopic (exact) mass is 409 g/mol. The van der Waals surface area contributed by atoms with Gasteiger partial charge in [-0.1, -0.05) is 0 Å². The van der Waals surface area contributed by atoms with E-state index in [-0.39, 0.29) is 5.75 Å². The summed E-state index contributed by atoms with van der Waals surface area (Å²) >= 11 is 0. The van der Waals surface area contributed by atoms with Crippen molar-refractivity contribution in [3.05, 3.63) is 40.2 Å². The predicted octanol–water partition coefficient (Wildman–Crippen LogP) is 1.31. The molecule has 1 N–H and O–H groups in total. The lowest BCUT2D eigenvalue weighted by Gasteiger charge is -2.22. The zero-order valence-corrected chi connectivity index (χ0v) is 16.3. The number of hydrogen-bond acceptors (Lipinski definition) is 9. The van der Waals surface area contributed by atoms with Gasteiger partial charge in [-0.15, -0.1) is 0 Å². The molecule has 1 aromatic carbocycles. The van der Waals surface area contributed by atoms with Crippen LogP contribution in [0.3, 0.4) is 0 Å². The summed E-state index contributed by atoms with van der Waals surface area (Å²) in [6.07, 6.45) is 0. The molecule has 0 bridgehead atoms. The quantitative estimate of drug-likeness (QED) is 0.736. The minimum atomic E-state index is -0.482. The Balaban J connectivity index is 1.65. The Morgan fingerprint density at radius 2 is 1.45 bits per heavy atom. The molecule has 0 aliphatic carbocycles. The maximum absolute atomic E-state index is 11.9. The van der Waals surface area contributed by atoms with Crippen LogP contribution in [0.1, 0.15) is 5.56 Å². The maximum Gasteiger partial charge on any atom is 0.336 e. The third kappa shape index (κ3) is 7.39. The van der Waals surface area contributed by atoms with Gasteiger partial charge < -0.3 is 28.5 Å². The van der Waals surface area contributed by atoms with Crippen molar-refractivity contribution < 1.29 is 33.3 Å². The van der Waals surface area contributed by atoms with E-state index in [4.69, 9.17) is 28.2 Å². The molecule has 1 aromatic heterocycles. The maximum atomic E-state index is 11.9. The van der Waals surface area contributed by atoms with E-state index in [0.29, 0.717) is 78.1 Å². The van der Waals surface area contributed by atoms with Crippen molar-refractivity contribution in [1.29, 1.82) is 0 Å². The first-order valence-electron chi connectivity index (χ1n) is 9.67. The van der Waals surface area contributed by atoms with E-state index in [0.717, 1.165) is 10.9 Å². The van der Waals surface area contributed by atoms with E-state index >= 15 is 0 Å². The molecule has 0 amide bonds. The van der Waals surface area contributed by atoms with Crippen LogP contribution in [-0.4, -0.2) is 76.2 Å². The Morgan fingerprint density at radius 1 is 0.828 bits per heavy atom. The molecule has 2 heterocycles. The van der Waals surface area contributed by atoms with Crippen molar-refractivity contribution in [2.45, 2.75) is 6.54 Å². The van der Waals surface area contributed by atoms with Crippen LogP contribution in [0.5, 0.6) is 5.75 Å². The van der Waals surface area contributed by atoms with Gasteiger partial charge in [0, 0.05) is 24.1 Å². The van der Waals surface area contributed by atoms with Gasteiger partial charge in [-0.25, -0.2) is 4.79 Å². The zero-order chi connectivity index (χ0) is 20.3. The number of hydrogen-bond donors (Lipinski definition) is 1. The molecule has 0 spiro atoms. The number of hydroxylamine groups is 2. The normalized spacial score (nSPS) is 19.3. The number of ether oxygens (including phenoxy) is 4. The van der Waals surface area contributed by atoms with Crippen LogP contribution in [0, 0.1) is 0 Å². The third-order valence-corrected chi connectivity index (χ3v) is 4.26.